The van der Waals surface area contributed by atoms with E-state index in [9.17, 15) is 9.59 Å². The van der Waals surface area contributed by atoms with Gasteiger partial charge in [-0.2, -0.15) is 0 Å². The van der Waals surface area contributed by atoms with Crippen molar-refractivity contribution in [3.05, 3.63) is 82.3 Å². The molecule has 160 valence electrons. The number of halogens is 2. The molecule has 0 aliphatic rings. The number of hydrogen-bond acceptors (Lipinski definition) is 4. The highest BCUT2D eigenvalue weighted by Gasteiger charge is 2.17. The van der Waals surface area contributed by atoms with Crippen molar-refractivity contribution in [1.29, 1.82) is 0 Å². The predicted octanol–water partition coefficient (Wildman–Crippen LogP) is 4.76. The van der Waals surface area contributed by atoms with Crippen LogP contribution >= 0.6 is 27.5 Å². The fraction of sp³-hybridized carbons (Fsp3) is 0.130. The van der Waals surface area contributed by atoms with E-state index in [1.807, 2.05) is 48.5 Å². The van der Waals surface area contributed by atoms with Crippen LogP contribution in [-0.4, -0.2) is 24.5 Å². The summed E-state index contributed by atoms with van der Waals surface area (Å²) in [6.07, 6.45) is -0.850. The first-order valence-corrected chi connectivity index (χ1v) is 10.6. The monoisotopic (exact) mass is 502 g/mol. The molecule has 1 unspecified atom stereocenters. The lowest BCUT2D eigenvalue weighted by Gasteiger charge is -2.16. The fourth-order valence-electron chi connectivity index (χ4n) is 2.68. The Kier molecular flexibility index (Phi) is 7.92. The van der Waals surface area contributed by atoms with Gasteiger partial charge in [-0.05, 0) is 52.7 Å². The van der Waals surface area contributed by atoms with Gasteiger partial charge >= 0.3 is 0 Å². The second-order valence-corrected chi connectivity index (χ2v) is 7.81. The molecule has 8 heteroatoms. The van der Waals surface area contributed by atoms with Crippen molar-refractivity contribution in [2.75, 3.05) is 6.61 Å². The van der Waals surface area contributed by atoms with Crippen molar-refractivity contribution >= 4 is 39.3 Å². The highest BCUT2D eigenvalue weighted by Crippen LogP contribution is 2.30. The zero-order chi connectivity index (χ0) is 22.2. The number of hydrogen-bond donors (Lipinski definition) is 2. The van der Waals surface area contributed by atoms with E-state index in [4.69, 9.17) is 21.1 Å². The molecule has 0 saturated heterocycles. The van der Waals surface area contributed by atoms with Gasteiger partial charge in [0.25, 0.3) is 11.8 Å². The van der Waals surface area contributed by atoms with E-state index in [0.717, 1.165) is 11.1 Å². The quantitative estimate of drug-likeness (QED) is 0.456. The van der Waals surface area contributed by atoms with Gasteiger partial charge in [0.1, 0.15) is 11.5 Å². The zero-order valence-electron chi connectivity index (χ0n) is 16.6. The third-order valence-electron chi connectivity index (χ3n) is 4.22. The molecule has 3 aromatic carbocycles. The summed E-state index contributed by atoms with van der Waals surface area (Å²) >= 11 is 9.22. The first-order chi connectivity index (χ1) is 14.9. The number of carbonyl (C=O) groups excluding carboxylic acids is 2. The molecule has 2 amide bonds. The van der Waals surface area contributed by atoms with E-state index in [1.165, 1.54) is 0 Å². The van der Waals surface area contributed by atoms with Crippen LogP contribution in [-0.2, 0) is 9.59 Å². The van der Waals surface area contributed by atoms with Gasteiger partial charge < -0.3 is 9.47 Å². The molecule has 1 atom stereocenters. The molecule has 0 bridgehead atoms. The van der Waals surface area contributed by atoms with E-state index < -0.39 is 17.9 Å². The van der Waals surface area contributed by atoms with Gasteiger partial charge in [-0.15, -0.1) is 0 Å². The zero-order valence-corrected chi connectivity index (χ0v) is 18.9. The number of para-hydroxylation sites is 1. The maximum Gasteiger partial charge on any atom is 0.279 e. The van der Waals surface area contributed by atoms with Gasteiger partial charge in [-0.25, -0.2) is 0 Å². The van der Waals surface area contributed by atoms with Gasteiger partial charge in [-0.3, -0.25) is 20.4 Å². The number of nitrogens with one attached hydrogen (secondary N) is 2. The van der Waals surface area contributed by atoms with Crippen molar-refractivity contribution in [3.63, 3.8) is 0 Å². The van der Waals surface area contributed by atoms with E-state index in [1.54, 1.807) is 31.2 Å². The minimum atomic E-state index is -0.850. The first kappa shape index (κ1) is 22.7. The smallest absolute Gasteiger partial charge is 0.279 e. The Morgan fingerprint density at radius 1 is 0.968 bits per heavy atom. The second-order valence-electron chi connectivity index (χ2n) is 6.52. The molecule has 0 spiro atoms. The average molecular weight is 504 g/mol. The minimum absolute atomic E-state index is 0.262. The Balaban J connectivity index is 1.50. The molecule has 0 radical (unpaired) electrons. The van der Waals surface area contributed by atoms with Crippen molar-refractivity contribution in [3.8, 4) is 22.6 Å². The molecular formula is C23H20BrClN2O4. The van der Waals surface area contributed by atoms with Gasteiger partial charge in [0.15, 0.2) is 12.7 Å². The number of carbonyl (C=O) groups is 2. The largest absolute Gasteiger partial charge is 0.483 e. The Morgan fingerprint density at radius 2 is 1.68 bits per heavy atom. The summed E-state index contributed by atoms with van der Waals surface area (Å²) in [5, 5.41) is 0.539. The number of rotatable bonds is 7. The topological polar surface area (TPSA) is 76.7 Å². The van der Waals surface area contributed by atoms with Crippen LogP contribution in [0.3, 0.4) is 0 Å². The van der Waals surface area contributed by atoms with Crippen molar-refractivity contribution in [2.24, 2.45) is 0 Å². The van der Waals surface area contributed by atoms with Crippen LogP contribution < -0.4 is 20.3 Å². The molecule has 0 saturated carbocycles. The number of benzene rings is 3. The summed E-state index contributed by atoms with van der Waals surface area (Å²) in [5.41, 5.74) is 6.51. The minimum Gasteiger partial charge on any atom is -0.483 e. The molecule has 0 aliphatic heterocycles. The Labute approximate surface area is 193 Å². The van der Waals surface area contributed by atoms with Gasteiger partial charge in [0.05, 0.1) is 4.47 Å². The van der Waals surface area contributed by atoms with Crippen LogP contribution in [0.5, 0.6) is 11.5 Å². The molecule has 0 heterocycles. The maximum atomic E-state index is 12.2. The summed E-state index contributed by atoms with van der Waals surface area (Å²) in [4.78, 5) is 24.3. The molecule has 3 aromatic rings. The number of hydrazine groups is 1. The van der Waals surface area contributed by atoms with Crippen LogP contribution in [0.15, 0.2) is 77.3 Å². The lowest BCUT2D eigenvalue weighted by molar-refractivity contribution is -0.133. The van der Waals surface area contributed by atoms with Gasteiger partial charge in [0, 0.05) is 10.6 Å². The average Bonchev–Trinajstić information content (AvgIpc) is 2.78. The summed E-state index contributed by atoms with van der Waals surface area (Å²) in [7, 11) is 0. The van der Waals surface area contributed by atoms with Crippen LogP contribution in [0.1, 0.15) is 6.92 Å². The molecule has 0 aliphatic carbocycles. The lowest BCUT2D eigenvalue weighted by atomic mass is 10.1. The summed E-state index contributed by atoms with van der Waals surface area (Å²) in [6.45, 7) is 1.30. The van der Waals surface area contributed by atoms with Crippen LogP contribution in [0.4, 0.5) is 0 Å². The van der Waals surface area contributed by atoms with Crippen molar-refractivity contribution in [2.45, 2.75) is 13.0 Å². The number of amides is 2. The molecule has 6 nitrogen and oxygen atoms in total. The van der Waals surface area contributed by atoms with Gasteiger partial charge in [-0.1, -0.05) is 60.1 Å². The Bertz CT molecular complexity index is 1060. The summed E-state index contributed by atoms with van der Waals surface area (Å²) < 4.78 is 11.9. The normalized spacial score (nSPS) is 11.3. The van der Waals surface area contributed by atoms with E-state index in [-0.39, 0.29) is 6.61 Å². The predicted molar refractivity (Wildman–Crippen MR) is 123 cm³/mol. The van der Waals surface area contributed by atoms with E-state index in [0.29, 0.717) is 21.0 Å². The molecule has 3 rings (SSSR count). The van der Waals surface area contributed by atoms with E-state index >= 15 is 0 Å². The molecule has 0 aromatic heterocycles. The summed E-state index contributed by atoms with van der Waals surface area (Å²) in [5.74, 6) is 0.00895. The number of ether oxygens (including phenoxy) is 2. The third kappa shape index (κ3) is 6.47. The van der Waals surface area contributed by atoms with Crippen molar-refractivity contribution < 1.29 is 19.1 Å². The second kappa shape index (κ2) is 10.8. The lowest BCUT2D eigenvalue weighted by Crippen LogP contribution is -2.48. The van der Waals surface area contributed by atoms with Gasteiger partial charge in [0.2, 0.25) is 0 Å². The van der Waals surface area contributed by atoms with Crippen LogP contribution in [0.2, 0.25) is 5.02 Å². The summed E-state index contributed by atoms with van der Waals surface area (Å²) in [6, 6.07) is 22.1. The fourth-order valence-corrected chi connectivity index (χ4v) is 3.45. The highest BCUT2D eigenvalue weighted by molar-refractivity contribution is 9.10. The maximum absolute atomic E-state index is 12.2. The molecular weight excluding hydrogens is 484 g/mol. The molecule has 2 N–H and O–H groups in total. The van der Waals surface area contributed by atoms with Crippen LogP contribution in [0.25, 0.3) is 11.1 Å². The third-order valence-corrected chi connectivity index (χ3v) is 5.08. The van der Waals surface area contributed by atoms with Crippen LogP contribution in [0, 0.1) is 0 Å². The molecule has 0 fully saturated rings. The van der Waals surface area contributed by atoms with Crippen molar-refractivity contribution in [1.82, 2.24) is 10.9 Å². The standard InChI is InChI=1S/C23H20BrClN2O4/c1-15(31-21-12-11-17(25)13-19(21)24)23(29)27-26-22(28)14-30-20-10-6-5-9-18(20)16-7-3-2-4-8-16/h2-13,15H,14H2,1H3,(H,26,28)(H,27,29). The van der Waals surface area contributed by atoms with E-state index in [2.05, 4.69) is 26.8 Å². The first-order valence-electron chi connectivity index (χ1n) is 9.41. The Morgan fingerprint density at radius 3 is 2.42 bits per heavy atom. The molecule has 31 heavy (non-hydrogen) atoms. The SMILES string of the molecule is CC(Oc1ccc(Cl)cc1Br)C(=O)NNC(=O)COc1ccccc1-c1ccccc1. The highest BCUT2D eigenvalue weighted by atomic mass is 79.9. The Hall–Kier alpha value is -3.03.